The normalized spacial score (nSPS) is 16.9. The van der Waals surface area contributed by atoms with Gasteiger partial charge >= 0.3 is 11.7 Å². The maximum absolute atomic E-state index is 14.8. The average molecular weight is 818 g/mol. The smallest absolute Gasteiger partial charge is 0.331 e. The number of benzene rings is 2. The number of allylic oxidation sites excluding steroid dienone is 2. The van der Waals surface area contributed by atoms with Crippen molar-refractivity contribution in [1.82, 2.24) is 43.6 Å². The van der Waals surface area contributed by atoms with E-state index >= 15 is 0 Å². The van der Waals surface area contributed by atoms with Gasteiger partial charge in [0.05, 0.1) is 48.1 Å². The summed E-state index contributed by atoms with van der Waals surface area (Å²) < 4.78 is 19.8. The molecular formula is C40H45N14O6+. The van der Waals surface area contributed by atoms with Crippen molar-refractivity contribution in [2.45, 2.75) is 72.4 Å². The molecule has 20 heteroatoms. The predicted octanol–water partition coefficient (Wildman–Crippen LogP) is 1.97. The van der Waals surface area contributed by atoms with Crippen molar-refractivity contribution in [3.8, 4) is 11.4 Å². The number of likely N-dealkylation sites (tertiary alicyclic amines) is 1. The monoisotopic (exact) mass is 817 g/mol. The zero-order valence-corrected chi connectivity index (χ0v) is 33.9. The van der Waals surface area contributed by atoms with Crippen LogP contribution in [0.15, 0.2) is 36.4 Å². The number of hydrogen-bond donors (Lipinski definition) is 4. The summed E-state index contributed by atoms with van der Waals surface area (Å²) in [6.45, 7) is 11.0. The lowest BCUT2D eigenvalue weighted by Crippen LogP contribution is -2.70. The Morgan fingerprint density at radius 2 is 1.48 bits per heavy atom. The number of amides is 4. The molecule has 310 valence electrons. The summed E-state index contributed by atoms with van der Waals surface area (Å²) in [4.78, 5) is 66.5. The summed E-state index contributed by atoms with van der Waals surface area (Å²) in [5.41, 5.74) is 15.9. The molecule has 6 N–H and O–H groups in total. The van der Waals surface area contributed by atoms with E-state index in [0.717, 1.165) is 24.0 Å². The Bertz CT molecular complexity index is 2830. The maximum atomic E-state index is 14.8. The fourth-order valence-electron chi connectivity index (χ4n) is 8.61. The third-order valence-electron chi connectivity index (χ3n) is 11.7. The van der Waals surface area contributed by atoms with Crippen molar-refractivity contribution in [2.75, 3.05) is 37.5 Å². The fourth-order valence-corrected chi connectivity index (χ4v) is 8.61. The minimum absolute atomic E-state index is 0.0468. The van der Waals surface area contributed by atoms with Crippen LogP contribution in [0, 0.1) is 13.8 Å². The van der Waals surface area contributed by atoms with E-state index in [-0.39, 0.29) is 47.6 Å². The first-order valence-corrected chi connectivity index (χ1v) is 19.7. The van der Waals surface area contributed by atoms with Crippen LogP contribution in [0.3, 0.4) is 0 Å². The second-order valence-electron chi connectivity index (χ2n) is 15.3. The number of aromatic nitrogens is 9. The van der Waals surface area contributed by atoms with Crippen molar-refractivity contribution in [1.29, 1.82) is 0 Å². The lowest BCUT2D eigenvalue weighted by atomic mass is 9.82. The van der Waals surface area contributed by atoms with Gasteiger partial charge in [0.15, 0.2) is 11.4 Å². The third-order valence-corrected chi connectivity index (χ3v) is 11.7. The van der Waals surface area contributed by atoms with Crippen molar-refractivity contribution in [3.63, 3.8) is 0 Å². The molecule has 3 aliphatic heterocycles. The van der Waals surface area contributed by atoms with Gasteiger partial charge < -0.3 is 30.1 Å². The van der Waals surface area contributed by atoms with E-state index in [1.54, 1.807) is 50.5 Å². The van der Waals surface area contributed by atoms with Gasteiger partial charge in [-0.25, -0.2) is 9.97 Å². The van der Waals surface area contributed by atoms with Crippen LogP contribution in [0.1, 0.15) is 79.2 Å². The molecule has 0 bridgehead atoms. The van der Waals surface area contributed by atoms with Crippen LogP contribution in [0.2, 0.25) is 0 Å². The molecule has 3 aliphatic rings. The number of carbonyl (C=O) groups is 4. The molecule has 4 amide bonds. The number of anilines is 2. The highest BCUT2D eigenvalue weighted by Gasteiger charge is 2.50. The molecule has 2 aromatic carbocycles. The van der Waals surface area contributed by atoms with Crippen LogP contribution < -0.4 is 31.4 Å². The number of aryl methyl sites for hydroxylation is 4. The number of carbonyl (C=O) groups excluding carboxylic acids is 4. The SMILES string of the molecule is CCn1nc(C)c2c1C(=O)Nc1nc3cc(C(N)=O)cc(CN4CCC45COC5)c3n1C/C=C/Cn1c(nc3cc(C(N)=O)cc(OC)c31)NC(=O)c1n(CC)nc(C)[n+]1-2. The summed E-state index contributed by atoms with van der Waals surface area (Å²) in [5, 5.41) is 15.5. The fraction of sp³-hybridized carbons (Fsp3) is 0.375. The van der Waals surface area contributed by atoms with E-state index < -0.39 is 23.6 Å². The average Bonchev–Trinajstić information content (AvgIpc) is 3.92. The van der Waals surface area contributed by atoms with E-state index in [1.165, 1.54) is 13.2 Å². The zero-order valence-electron chi connectivity index (χ0n) is 33.9. The van der Waals surface area contributed by atoms with Crippen molar-refractivity contribution < 1.29 is 33.2 Å². The molecule has 0 radical (unpaired) electrons. The van der Waals surface area contributed by atoms with Crippen LogP contribution in [0.5, 0.6) is 5.75 Å². The maximum Gasteiger partial charge on any atom is 0.331 e. The molecule has 0 saturated carbocycles. The predicted molar refractivity (Wildman–Crippen MR) is 217 cm³/mol. The molecule has 20 nitrogen and oxygen atoms in total. The van der Waals surface area contributed by atoms with Crippen molar-refractivity contribution in [3.05, 3.63) is 76.1 Å². The molecule has 6 aromatic rings. The van der Waals surface area contributed by atoms with E-state index in [4.69, 9.17) is 41.1 Å². The number of imidazole rings is 2. The molecule has 60 heavy (non-hydrogen) atoms. The van der Waals surface area contributed by atoms with Gasteiger partial charge in [-0.15, -0.1) is 4.68 Å². The lowest BCUT2D eigenvalue weighted by molar-refractivity contribution is -0.606. The first kappa shape index (κ1) is 38.6. The van der Waals surface area contributed by atoms with Gasteiger partial charge in [0, 0.05) is 55.9 Å². The van der Waals surface area contributed by atoms with Gasteiger partial charge in [-0.3, -0.25) is 39.4 Å². The number of nitrogens with two attached hydrogens (primary N) is 2. The minimum atomic E-state index is -0.665. The summed E-state index contributed by atoms with van der Waals surface area (Å²) in [6, 6.07) is 6.53. The molecule has 4 aromatic heterocycles. The highest BCUT2D eigenvalue weighted by molar-refractivity contribution is 6.06. The third kappa shape index (κ3) is 6.00. The summed E-state index contributed by atoms with van der Waals surface area (Å²) >= 11 is 0. The van der Waals surface area contributed by atoms with E-state index in [2.05, 4.69) is 15.5 Å². The van der Waals surface area contributed by atoms with Gasteiger partial charge in [-0.2, -0.15) is 9.67 Å². The number of hydrogen-bond acceptors (Lipinski definition) is 11. The van der Waals surface area contributed by atoms with Gasteiger partial charge in [-0.05, 0) is 57.0 Å². The number of fused-ring (bicyclic) bond motifs is 9. The summed E-state index contributed by atoms with van der Waals surface area (Å²) in [5.74, 6) is -1.08. The summed E-state index contributed by atoms with van der Waals surface area (Å²) in [7, 11) is 1.48. The van der Waals surface area contributed by atoms with E-state index in [1.807, 2.05) is 30.6 Å². The number of methoxy groups -OCH3 is 1. The van der Waals surface area contributed by atoms with Crippen molar-refractivity contribution >= 4 is 57.6 Å². The first-order valence-electron chi connectivity index (χ1n) is 19.7. The van der Waals surface area contributed by atoms with Crippen molar-refractivity contribution in [2.24, 2.45) is 11.5 Å². The van der Waals surface area contributed by atoms with E-state index in [0.29, 0.717) is 77.9 Å². The van der Waals surface area contributed by atoms with Gasteiger partial charge in [-0.1, -0.05) is 12.2 Å². The lowest BCUT2D eigenvalue weighted by Gasteiger charge is -2.57. The number of nitrogens with zero attached hydrogens (tertiary/aromatic N) is 10. The molecule has 1 spiro atoms. The van der Waals surface area contributed by atoms with Crippen LogP contribution in [0.25, 0.3) is 27.8 Å². The van der Waals surface area contributed by atoms with Crippen LogP contribution in [-0.2, 0) is 37.5 Å². The molecule has 0 aliphatic carbocycles. The molecule has 0 atom stereocenters. The molecule has 2 fully saturated rings. The number of primary amides is 2. The van der Waals surface area contributed by atoms with Crippen LogP contribution in [-0.4, -0.2) is 99.6 Å². The highest BCUT2D eigenvalue weighted by Crippen LogP contribution is 2.40. The minimum Gasteiger partial charge on any atom is -0.494 e. The van der Waals surface area contributed by atoms with Gasteiger partial charge in [0.1, 0.15) is 17.8 Å². The Balaban J connectivity index is 1.28. The Morgan fingerprint density at radius 1 is 0.867 bits per heavy atom. The second kappa shape index (κ2) is 14.4. The Morgan fingerprint density at radius 3 is 2.05 bits per heavy atom. The highest BCUT2D eigenvalue weighted by atomic mass is 16.5. The Hall–Kier alpha value is -6.93. The zero-order chi connectivity index (χ0) is 42.2. The van der Waals surface area contributed by atoms with Crippen LogP contribution in [0.4, 0.5) is 11.9 Å². The second-order valence-corrected chi connectivity index (χ2v) is 15.3. The quantitative estimate of drug-likeness (QED) is 0.134. The molecule has 2 saturated heterocycles. The number of nitrogens with one attached hydrogen (secondary N) is 2. The summed E-state index contributed by atoms with van der Waals surface area (Å²) in [6.07, 6.45) is 4.82. The van der Waals surface area contributed by atoms with Gasteiger partial charge in [0.2, 0.25) is 23.7 Å². The largest absolute Gasteiger partial charge is 0.494 e. The molecule has 0 unspecified atom stereocenters. The Kier molecular flexibility index (Phi) is 9.27. The standard InChI is InChI=1S/C40H44N14O6/c1-6-52-32-29(21(3)47-52)54-22(4)48-53(7-2)37(54)36(58)46-39-44-27-16-24(34(42)56)17-28(59-5)31(27)51(39)12-9-8-11-50-30-25(18-49-13-10-40(49)19-60-20-40)14-23(33(41)55)15-26(30)43-38(50)45-35(32)57/h8-9,14-17H,6-7,10-13,18-20H2,1-5H3,(H5-,41,42,43,44,45,46,55,56,57,58)/p+1/b9-8+. The first-order chi connectivity index (χ1) is 28.9. The van der Waals surface area contributed by atoms with Gasteiger partial charge in [0.25, 0.3) is 11.7 Å². The van der Waals surface area contributed by atoms with E-state index in [9.17, 15) is 19.2 Å². The molecule has 7 heterocycles. The topological polar surface area (TPSA) is 241 Å². The number of rotatable bonds is 7. The molecular weight excluding hydrogens is 773 g/mol. The number of ether oxygens (including phenoxy) is 2. The Labute approximate surface area is 342 Å². The van der Waals surface area contributed by atoms with Crippen LogP contribution >= 0.6 is 0 Å². The molecule has 9 rings (SSSR count).